The molecule has 0 aliphatic heterocycles. The number of aromatic amines is 2. The van der Waals surface area contributed by atoms with Gasteiger partial charge in [-0.15, -0.1) is 0 Å². The molecule has 8 heteroatoms. The molecule has 0 amide bonds. The predicted octanol–water partition coefficient (Wildman–Crippen LogP) is 2.59. The molecular formula is C17H14N4O4. The van der Waals surface area contributed by atoms with E-state index in [9.17, 15) is 4.79 Å². The summed E-state index contributed by atoms with van der Waals surface area (Å²) in [6.45, 7) is 0. The molecule has 0 atom stereocenters. The number of fused-ring (bicyclic) bond motifs is 1. The van der Waals surface area contributed by atoms with Crippen LogP contribution in [-0.4, -0.2) is 34.3 Å². The van der Waals surface area contributed by atoms with Crippen molar-refractivity contribution in [2.75, 3.05) is 14.2 Å². The van der Waals surface area contributed by atoms with Crippen molar-refractivity contribution in [3.8, 4) is 34.3 Å². The highest BCUT2D eigenvalue weighted by Gasteiger charge is 2.16. The topological polar surface area (TPSA) is 106 Å². The summed E-state index contributed by atoms with van der Waals surface area (Å²) in [5.74, 6) is 1.91. The lowest BCUT2D eigenvalue weighted by molar-refractivity contribution is 0.355. The van der Waals surface area contributed by atoms with Gasteiger partial charge >= 0.3 is 5.69 Å². The molecule has 0 saturated heterocycles. The normalized spacial score (nSPS) is 11.0. The van der Waals surface area contributed by atoms with E-state index in [0.717, 1.165) is 5.56 Å². The number of benzene rings is 2. The number of methoxy groups -OCH3 is 2. The molecule has 0 aliphatic rings. The molecule has 0 fully saturated rings. The minimum atomic E-state index is -0.290. The highest BCUT2D eigenvalue weighted by Crippen LogP contribution is 2.32. The molecule has 0 aliphatic carbocycles. The summed E-state index contributed by atoms with van der Waals surface area (Å²) in [6.07, 6.45) is 0. The zero-order valence-electron chi connectivity index (χ0n) is 13.5. The van der Waals surface area contributed by atoms with Crippen molar-refractivity contribution in [3.63, 3.8) is 0 Å². The second-order valence-electron chi connectivity index (χ2n) is 5.30. The Balaban J connectivity index is 1.79. The average Bonchev–Trinajstić information content (AvgIpc) is 3.26. The Hall–Kier alpha value is -3.55. The van der Waals surface area contributed by atoms with Crippen molar-refractivity contribution in [3.05, 3.63) is 46.9 Å². The molecular weight excluding hydrogens is 324 g/mol. The van der Waals surface area contributed by atoms with E-state index in [1.165, 1.54) is 0 Å². The zero-order chi connectivity index (χ0) is 17.4. The summed E-state index contributed by atoms with van der Waals surface area (Å²) >= 11 is 0. The Morgan fingerprint density at radius 2 is 1.88 bits per heavy atom. The summed E-state index contributed by atoms with van der Waals surface area (Å²) in [5.41, 5.74) is 2.38. The minimum Gasteiger partial charge on any atom is -0.493 e. The number of nitrogens with zero attached hydrogens (tertiary/aromatic N) is 2. The van der Waals surface area contributed by atoms with E-state index in [-0.39, 0.29) is 5.69 Å². The fourth-order valence-corrected chi connectivity index (χ4v) is 2.66. The third kappa shape index (κ3) is 2.53. The molecule has 0 radical (unpaired) electrons. The van der Waals surface area contributed by atoms with Crippen LogP contribution in [0.1, 0.15) is 0 Å². The van der Waals surface area contributed by atoms with Crippen LogP contribution in [0.2, 0.25) is 0 Å². The van der Waals surface area contributed by atoms with E-state index in [1.54, 1.807) is 38.5 Å². The first-order valence-electron chi connectivity index (χ1n) is 7.47. The number of para-hydroxylation sites is 1. The van der Waals surface area contributed by atoms with Crippen LogP contribution >= 0.6 is 0 Å². The molecule has 2 aromatic heterocycles. The summed E-state index contributed by atoms with van der Waals surface area (Å²) in [4.78, 5) is 21.4. The van der Waals surface area contributed by atoms with Crippen LogP contribution in [0.25, 0.3) is 33.9 Å². The van der Waals surface area contributed by atoms with Gasteiger partial charge in [-0.05, 0) is 30.3 Å². The van der Waals surface area contributed by atoms with Crippen LogP contribution in [0.5, 0.6) is 11.5 Å². The highest BCUT2D eigenvalue weighted by molar-refractivity contribution is 5.89. The van der Waals surface area contributed by atoms with Gasteiger partial charge in [-0.2, -0.15) is 4.98 Å². The van der Waals surface area contributed by atoms with E-state index in [0.29, 0.717) is 39.8 Å². The number of hydrogen-bond acceptors (Lipinski definition) is 6. The highest BCUT2D eigenvalue weighted by atomic mass is 16.5. The third-order valence-electron chi connectivity index (χ3n) is 3.85. The number of rotatable bonds is 4. The summed E-state index contributed by atoms with van der Waals surface area (Å²) in [5, 5.41) is 4.02. The average molecular weight is 338 g/mol. The number of nitrogens with one attached hydrogen (secondary N) is 2. The molecule has 0 spiro atoms. The van der Waals surface area contributed by atoms with Crippen molar-refractivity contribution in [2.45, 2.75) is 0 Å². The number of hydrogen-bond donors (Lipinski definition) is 2. The van der Waals surface area contributed by atoms with Crippen molar-refractivity contribution in [1.82, 2.24) is 20.1 Å². The minimum absolute atomic E-state index is 0.290. The van der Waals surface area contributed by atoms with Crippen LogP contribution in [0.4, 0.5) is 0 Å². The SMILES string of the molecule is COc1ccc(-c2noc(-c3cccc4[nH]c(=O)[nH]c34)n2)cc1OC. The fraction of sp³-hybridized carbons (Fsp3) is 0.118. The lowest BCUT2D eigenvalue weighted by Gasteiger charge is -2.07. The van der Waals surface area contributed by atoms with E-state index in [4.69, 9.17) is 14.0 Å². The molecule has 2 heterocycles. The lowest BCUT2D eigenvalue weighted by atomic mass is 10.1. The largest absolute Gasteiger partial charge is 0.493 e. The van der Waals surface area contributed by atoms with Crippen LogP contribution < -0.4 is 15.2 Å². The Labute approximate surface area is 141 Å². The molecule has 0 unspecified atom stereocenters. The number of ether oxygens (including phenoxy) is 2. The van der Waals surface area contributed by atoms with E-state index in [2.05, 4.69) is 20.1 Å². The second kappa shape index (κ2) is 5.82. The van der Waals surface area contributed by atoms with Crippen molar-refractivity contribution < 1.29 is 14.0 Å². The van der Waals surface area contributed by atoms with E-state index >= 15 is 0 Å². The molecule has 4 rings (SSSR count). The molecule has 126 valence electrons. The van der Waals surface area contributed by atoms with Gasteiger partial charge in [-0.1, -0.05) is 11.2 Å². The smallest absolute Gasteiger partial charge is 0.323 e. The van der Waals surface area contributed by atoms with Gasteiger partial charge in [0.05, 0.1) is 30.8 Å². The first kappa shape index (κ1) is 15.0. The lowest BCUT2D eigenvalue weighted by Crippen LogP contribution is -1.99. The monoisotopic (exact) mass is 338 g/mol. The Kier molecular flexibility index (Phi) is 3.50. The summed E-state index contributed by atoms with van der Waals surface area (Å²) in [7, 11) is 3.13. The van der Waals surface area contributed by atoms with Gasteiger partial charge in [-0.25, -0.2) is 4.79 Å². The number of aromatic nitrogens is 4. The Morgan fingerprint density at radius 3 is 2.68 bits per heavy atom. The number of imidazole rings is 1. The van der Waals surface area contributed by atoms with Crippen LogP contribution in [0.15, 0.2) is 45.7 Å². The van der Waals surface area contributed by atoms with Crippen LogP contribution in [-0.2, 0) is 0 Å². The molecule has 2 aromatic carbocycles. The van der Waals surface area contributed by atoms with Crippen molar-refractivity contribution in [2.24, 2.45) is 0 Å². The van der Waals surface area contributed by atoms with Gasteiger partial charge in [0, 0.05) is 5.56 Å². The molecule has 25 heavy (non-hydrogen) atoms. The quantitative estimate of drug-likeness (QED) is 0.592. The van der Waals surface area contributed by atoms with Gasteiger partial charge in [0.1, 0.15) is 0 Å². The standard InChI is InChI=1S/C17H14N4O4/c1-23-12-7-6-9(8-13(12)24-2)15-20-16(25-21-15)10-4-3-5-11-14(10)19-17(22)18-11/h3-8H,1-2H3,(H2,18,19,22). The Bertz CT molecular complexity index is 1110. The van der Waals surface area contributed by atoms with E-state index < -0.39 is 0 Å². The van der Waals surface area contributed by atoms with Gasteiger partial charge in [0.15, 0.2) is 11.5 Å². The first-order valence-corrected chi connectivity index (χ1v) is 7.47. The fourth-order valence-electron chi connectivity index (χ4n) is 2.66. The molecule has 0 bridgehead atoms. The zero-order valence-corrected chi connectivity index (χ0v) is 13.5. The molecule has 4 aromatic rings. The van der Waals surface area contributed by atoms with E-state index in [1.807, 2.05) is 12.1 Å². The maximum absolute atomic E-state index is 11.5. The van der Waals surface area contributed by atoms with Gasteiger partial charge < -0.3 is 24.0 Å². The maximum Gasteiger partial charge on any atom is 0.323 e. The predicted molar refractivity (Wildman–Crippen MR) is 90.8 cm³/mol. The van der Waals surface area contributed by atoms with Gasteiger partial charge in [0.2, 0.25) is 5.82 Å². The Morgan fingerprint density at radius 1 is 1.04 bits per heavy atom. The van der Waals surface area contributed by atoms with Gasteiger partial charge in [-0.3, -0.25) is 0 Å². The van der Waals surface area contributed by atoms with Crippen molar-refractivity contribution in [1.29, 1.82) is 0 Å². The maximum atomic E-state index is 11.5. The molecule has 8 nitrogen and oxygen atoms in total. The summed E-state index contributed by atoms with van der Waals surface area (Å²) in [6, 6.07) is 10.8. The van der Waals surface area contributed by atoms with Crippen LogP contribution in [0, 0.1) is 0 Å². The van der Waals surface area contributed by atoms with Crippen LogP contribution in [0.3, 0.4) is 0 Å². The third-order valence-corrected chi connectivity index (χ3v) is 3.85. The van der Waals surface area contributed by atoms with Gasteiger partial charge in [0.25, 0.3) is 5.89 Å². The van der Waals surface area contributed by atoms with Crippen molar-refractivity contribution >= 4 is 11.0 Å². The molecule has 2 N–H and O–H groups in total. The first-order chi connectivity index (χ1) is 12.2. The molecule has 0 saturated carbocycles. The second-order valence-corrected chi connectivity index (χ2v) is 5.30. The summed E-state index contributed by atoms with van der Waals surface area (Å²) < 4.78 is 15.9. The number of H-pyrrole nitrogens is 2.